The lowest BCUT2D eigenvalue weighted by Gasteiger charge is -2.33. The molecule has 3 aliphatic heterocycles. The second-order valence-corrected chi connectivity index (χ2v) is 4.37. The minimum Gasteiger partial charge on any atom is -0.478 e. The summed E-state index contributed by atoms with van der Waals surface area (Å²) >= 11 is 0. The van der Waals surface area contributed by atoms with E-state index in [9.17, 15) is 4.79 Å². The van der Waals surface area contributed by atoms with Gasteiger partial charge >= 0.3 is 5.97 Å². The van der Waals surface area contributed by atoms with Crippen molar-refractivity contribution in [3.63, 3.8) is 0 Å². The molecule has 80 valence electrons. The lowest BCUT2D eigenvalue weighted by molar-refractivity contribution is -0.132. The van der Waals surface area contributed by atoms with Crippen LogP contribution in [0.25, 0.3) is 0 Å². The Bertz CT molecular complexity index is 375. The van der Waals surface area contributed by atoms with E-state index in [0.717, 1.165) is 18.7 Å². The summed E-state index contributed by atoms with van der Waals surface area (Å²) in [4.78, 5) is 15.5. The van der Waals surface area contributed by atoms with Crippen LogP contribution in [0.15, 0.2) is 16.6 Å². The highest BCUT2D eigenvalue weighted by Crippen LogP contribution is 2.32. The highest BCUT2D eigenvalue weighted by atomic mass is 16.4. The Morgan fingerprint density at radius 1 is 1.53 bits per heavy atom. The fourth-order valence-corrected chi connectivity index (χ4v) is 2.68. The van der Waals surface area contributed by atoms with Crippen LogP contribution in [0.3, 0.4) is 0 Å². The Labute approximate surface area is 87.2 Å². The molecule has 3 aliphatic rings. The zero-order valence-corrected chi connectivity index (χ0v) is 8.23. The maximum Gasteiger partial charge on any atom is 0.331 e. The molecule has 5 heteroatoms. The van der Waals surface area contributed by atoms with E-state index in [1.165, 1.54) is 0 Å². The van der Waals surface area contributed by atoms with Gasteiger partial charge in [-0.2, -0.15) is 0 Å². The predicted octanol–water partition coefficient (Wildman–Crippen LogP) is -0.293. The van der Waals surface area contributed by atoms with Gasteiger partial charge in [-0.15, -0.1) is 0 Å². The van der Waals surface area contributed by atoms with Crippen molar-refractivity contribution in [2.75, 3.05) is 6.54 Å². The van der Waals surface area contributed by atoms with Gasteiger partial charge in [-0.25, -0.2) is 4.79 Å². The Kier molecular flexibility index (Phi) is 1.90. The minimum atomic E-state index is -0.801. The molecule has 1 fully saturated rings. The number of nitrogens with zero attached hydrogens (tertiary/aromatic N) is 1. The van der Waals surface area contributed by atoms with Gasteiger partial charge in [0, 0.05) is 42.6 Å². The summed E-state index contributed by atoms with van der Waals surface area (Å²) in [6.07, 6.45) is 3.14. The highest BCUT2D eigenvalue weighted by molar-refractivity contribution is 6.03. The van der Waals surface area contributed by atoms with E-state index >= 15 is 0 Å². The molecule has 0 aromatic heterocycles. The summed E-state index contributed by atoms with van der Waals surface area (Å²) in [5.74, 6) is -0.360. The molecule has 0 radical (unpaired) electrons. The van der Waals surface area contributed by atoms with Gasteiger partial charge in [-0.3, -0.25) is 15.8 Å². The third kappa shape index (κ3) is 1.39. The van der Waals surface area contributed by atoms with Crippen LogP contribution in [-0.2, 0) is 4.79 Å². The molecular formula is C10H13N3O2. The van der Waals surface area contributed by atoms with Gasteiger partial charge in [0.15, 0.2) is 0 Å². The van der Waals surface area contributed by atoms with E-state index in [0.29, 0.717) is 24.0 Å². The van der Waals surface area contributed by atoms with Crippen LogP contribution in [0.5, 0.6) is 0 Å². The average Bonchev–Trinajstić information content (AvgIpc) is 2.65. The number of dihydropyridines is 1. The molecule has 3 N–H and O–H groups in total. The first-order valence-corrected chi connectivity index (χ1v) is 5.23. The van der Waals surface area contributed by atoms with Crippen molar-refractivity contribution in [3.8, 4) is 0 Å². The maximum absolute atomic E-state index is 10.9. The number of allylic oxidation sites excluding steroid dienone is 1. The molecule has 5 nitrogen and oxygen atoms in total. The highest BCUT2D eigenvalue weighted by Gasteiger charge is 2.40. The second-order valence-electron chi connectivity index (χ2n) is 4.37. The number of hydrogen-bond donors (Lipinski definition) is 3. The summed E-state index contributed by atoms with van der Waals surface area (Å²) in [5, 5.41) is 8.98. The molecule has 15 heavy (non-hydrogen) atoms. The largest absolute Gasteiger partial charge is 0.478 e. The molecule has 3 heterocycles. The van der Waals surface area contributed by atoms with Crippen molar-refractivity contribution in [2.45, 2.75) is 24.9 Å². The zero-order chi connectivity index (χ0) is 10.4. The monoisotopic (exact) mass is 207 g/mol. The predicted molar refractivity (Wildman–Crippen MR) is 54.6 cm³/mol. The standard InChI is InChI=1S/C10H13N3O2/c14-10(15)5-1-6-3-9-7(4-11-13-9)8(2-5)12-6/h1,7-9,11,13H,2-4H2,(H,14,15). The number of fused-ring (bicyclic) bond motifs is 3. The van der Waals surface area contributed by atoms with Crippen LogP contribution in [0.1, 0.15) is 12.8 Å². The summed E-state index contributed by atoms with van der Waals surface area (Å²) in [7, 11) is 0. The number of aliphatic imine (C=N–C) groups is 1. The number of hydrogen-bond acceptors (Lipinski definition) is 4. The Morgan fingerprint density at radius 2 is 2.40 bits per heavy atom. The molecule has 3 atom stereocenters. The second kappa shape index (κ2) is 3.15. The first-order chi connectivity index (χ1) is 7.24. The van der Waals surface area contributed by atoms with Gasteiger partial charge in [0.25, 0.3) is 0 Å². The normalized spacial score (nSPS) is 38.0. The molecule has 3 unspecified atom stereocenters. The van der Waals surface area contributed by atoms with Gasteiger partial charge in [0.2, 0.25) is 0 Å². The van der Waals surface area contributed by atoms with E-state index in [2.05, 4.69) is 15.8 Å². The number of hydrazine groups is 1. The first-order valence-electron chi connectivity index (χ1n) is 5.23. The SMILES string of the molecule is O=C(O)C1=CC2=NC(C1)C1CNNC1C2. The first kappa shape index (κ1) is 9.06. The third-order valence-corrected chi connectivity index (χ3v) is 3.44. The van der Waals surface area contributed by atoms with Crippen LogP contribution in [-0.4, -0.2) is 35.4 Å². The van der Waals surface area contributed by atoms with Crippen molar-refractivity contribution >= 4 is 11.7 Å². The lowest BCUT2D eigenvalue weighted by Crippen LogP contribution is -2.42. The Morgan fingerprint density at radius 3 is 3.20 bits per heavy atom. The van der Waals surface area contributed by atoms with E-state index < -0.39 is 5.97 Å². The Hall–Kier alpha value is -1.20. The molecule has 0 aliphatic carbocycles. The van der Waals surface area contributed by atoms with Crippen LogP contribution in [0.4, 0.5) is 0 Å². The van der Waals surface area contributed by atoms with Crippen molar-refractivity contribution < 1.29 is 9.90 Å². The molecule has 0 amide bonds. The van der Waals surface area contributed by atoms with Crippen LogP contribution < -0.4 is 10.9 Å². The molecule has 0 saturated carbocycles. The molecule has 3 rings (SSSR count). The topological polar surface area (TPSA) is 73.7 Å². The Balaban J connectivity index is 1.91. The van der Waals surface area contributed by atoms with Gasteiger partial charge in [0.05, 0.1) is 6.04 Å². The number of rotatable bonds is 1. The van der Waals surface area contributed by atoms with Gasteiger partial charge in [-0.1, -0.05) is 0 Å². The zero-order valence-electron chi connectivity index (χ0n) is 8.23. The van der Waals surface area contributed by atoms with E-state index in [1.54, 1.807) is 6.08 Å². The van der Waals surface area contributed by atoms with Crippen LogP contribution in [0.2, 0.25) is 0 Å². The van der Waals surface area contributed by atoms with Crippen molar-refractivity contribution in [3.05, 3.63) is 11.6 Å². The molecule has 0 spiro atoms. The quantitative estimate of drug-likeness (QED) is 0.552. The summed E-state index contributed by atoms with van der Waals surface area (Å²) in [6, 6.07) is 0.575. The lowest BCUT2D eigenvalue weighted by atomic mass is 9.80. The molecular weight excluding hydrogens is 194 g/mol. The molecule has 0 aromatic rings. The van der Waals surface area contributed by atoms with E-state index in [-0.39, 0.29) is 6.04 Å². The smallest absolute Gasteiger partial charge is 0.331 e. The van der Waals surface area contributed by atoms with Crippen LogP contribution >= 0.6 is 0 Å². The number of carboxylic acids is 1. The number of carboxylic acid groups (broad SMARTS) is 1. The third-order valence-electron chi connectivity index (χ3n) is 3.44. The van der Waals surface area contributed by atoms with Crippen molar-refractivity contribution in [1.82, 2.24) is 10.9 Å². The van der Waals surface area contributed by atoms with Crippen LogP contribution in [0, 0.1) is 5.92 Å². The molecule has 0 aromatic carbocycles. The molecule has 2 bridgehead atoms. The number of nitrogens with one attached hydrogen (secondary N) is 2. The maximum atomic E-state index is 10.9. The van der Waals surface area contributed by atoms with E-state index in [1.807, 2.05) is 0 Å². The van der Waals surface area contributed by atoms with Gasteiger partial charge < -0.3 is 5.11 Å². The van der Waals surface area contributed by atoms with Gasteiger partial charge in [0.1, 0.15) is 0 Å². The summed E-state index contributed by atoms with van der Waals surface area (Å²) < 4.78 is 0. The molecule has 1 saturated heterocycles. The van der Waals surface area contributed by atoms with E-state index in [4.69, 9.17) is 5.11 Å². The van der Waals surface area contributed by atoms with Crippen molar-refractivity contribution in [2.24, 2.45) is 10.9 Å². The fraction of sp³-hybridized carbons (Fsp3) is 0.600. The van der Waals surface area contributed by atoms with Crippen molar-refractivity contribution in [1.29, 1.82) is 0 Å². The number of aliphatic carboxylic acids is 1. The van der Waals surface area contributed by atoms with Gasteiger partial charge in [-0.05, 0) is 6.08 Å². The minimum absolute atomic E-state index is 0.150. The summed E-state index contributed by atoms with van der Waals surface area (Å²) in [6.45, 7) is 0.888. The fourth-order valence-electron chi connectivity index (χ4n) is 2.68. The summed E-state index contributed by atoms with van der Waals surface area (Å²) in [5.41, 5.74) is 7.79. The number of carbonyl (C=O) groups is 1. The average molecular weight is 207 g/mol.